The first-order valence-corrected chi connectivity index (χ1v) is 9.95. The van der Waals surface area contributed by atoms with Gasteiger partial charge >= 0.3 is 41.6 Å². The molecule has 36 valence electrons. The van der Waals surface area contributed by atoms with Gasteiger partial charge in [-0.3, -0.25) is 0 Å². The van der Waals surface area contributed by atoms with E-state index in [-0.39, 0.29) is 0 Å². The van der Waals surface area contributed by atoms with E-state index in [2.05, 4.69) is 17.3 Å². The van der Waals surface area contributed by atoms with Crippen molar-refractivity contribution in [1.82, 2.24) is 5.73 Å². The monoisotopic (exact) mass is 147 g/mol. The maximum absolute atomic E-state index is 8.49. The van der Waals surface area contributed by atoms with E-state index in [9.17, 15) is 0 Å². The fraction of sp³-hybridized carbons (Fsp3) is 1.00. The topological polar surface area (TPSA) is 22.3 Å². The Hall–Kier alpha value is 0.503. The summed E-state index contributed by atoms with van der Waals surface area (Å²) < 4.78 is 0. The molecule has 0 rings (SSSR count). The van der Waals surface area contributed by atoms with Crippen LogP contribution in [0, 0.1) is 0 Å². The van der Waals surface area contributed by atoms with Crippen LogP contribution in [0.5, 0.6) is 0 Å². The average Bonchev–Trinajstić information content (AvgIpc) is 1.35. The molecule has 2 radical (unpaired) electrons. The third-order valence-corrected chi connectivity index (χ3v) is 2.46. The van der Waals surface area contributed by atoms with Gasteiger partial charge in [0.15, 0.2) is 0 Å². The molecule has 0 aliphatic rings. The van der Waals surface area contributed by atoms with Gasteiger partial charge < -0.3 is 0 Å². The maximum atomic E-state index is 8.49. The van der Waals surface area contributed by atoms with Crippen molar-refractivity contribution in [3.8, 4) is 0 Å². The average molecular weight is 146 g/mol. The van der Waals surface area contributed by atoms with Crippen molar-refractivity contribution in [2.45, 2.75) is 17.3 Å². The fourth-order valence-corrected chi connectivity index (χ4v) is 0. The van der Waals surface area contributed by atoms with E-state index in [1.807, 2.05) is 0 Å². The SMILES string of the molecule is [CH3][Ge]([CH3])([CH3])[CH2][N]. The minimum absolute atomic E-state index is 0.458. The van der Waals surface area contributed by atoms with Crippen molar-refractivity contribution in [2.24, 2.45) is 0 Å². The Balaban J connectivity index is 3.17. The van der Waals surface area contributed by atoms with Gasteiger partial charge in [-0.15, -0.1) is 0 Å². The summed E-state index contributed by atoms with van der Waals surface area (Å²) in [6.45, 7) is 0. The summed E-state index contributed by atoms with van der Waals surface area (Å²) in [5, 5.41) is 0.458. The second-order valence-electron chi connectivity index (χ2n) is 2.72. The van der Waals surface area contributed by atoms with Gasteiger partial charge in [-0.25, -0.2) is 0 Å². The molecule has 0 unspecified atom stereocenters. The van der Waals surface area contributed by atoms with Gasteiger partial charge in [-0.2, -0.15) is 0 Å². The molecule has 0 aliphatic carbocycles. The van der Waals surface area contributed by atoms with Crippen LogP contribution >= 0.6 is 0 Å². The molecule has 0 N–H and O–H groups in total. The van der Waals surface area contributed by atoms with Gasteiger partial charge in [0.25, 0.3) is 0 Å². The molecule has 0 saturated heterocycles. The molecular formula is C4H11GeN. The van der Waals surface area contributed by atoms with Crippen LogP contribution in [0.4, 0.5) is 0 Å². The molecule has 0 amide bonds. The third-order valence-electron chi connectivity index (χ3n) is 0.474. The Kier molecular flexibility index (Phi) is 2.15. The van der Waals surface area contributed by atoms with Crippen molar-refractivity contribution in [1.29, 1.82) is 0 Å². The Morgan fingerprint density at radius 1 is 1.33 bits per heavy atom. The Labute approximate surface area is 42.3 Å². The molecule has 0 heterocycles. The first-order chi connectivity index (χ1) is 2.56. The van der Waals surface area contributed by atoms with Gasteiger partial charge in [0, 0.05) is 0 Å². The van der Waals surface area contributed by atoms with E-state index < -0.39 is 13.3 Å². The van der Waals surface area contributed by atoms with Crippen molar-refractivity contribution in [3.05, 3.63) is 0 Å². The standard InChI is InChI=1S/C4H11GeN/c1-5(2,3)4-6/h4H2,1-3H3. The van der Waals surface area contributed by atoms with Crippen molar-refractivity contribution in [3.63, 3.8) is 0 Å². The first kappa shape index (κ1) is 6.50. The Bertz CT molecular complexity index is 37.3. The van der Waals surface area contributed by atoms with Gasteiger partial charge in [0.05, 0.1) is 0 Å². The molecule has 0 saturated carbocycles. The quantitative estimate of drug-likeness (QED) is 0.490. The Morgan fingerprint density at radius 2 is 1.50 bits per heavy atom. The normalized spacial score (nSPS) is 12.0. The summed E-state index contributed by atoms with van der Waals surface area (Å²) >= 11 is -1.49. The minimum atomic E-state index is -1.49. The van der Waals surface area contributed by atoms with E-state index in [1.165, 1.54) is 0 Å². The molecule has 0 spiro atoms. The van der Waals surface area contributed by atoms with Crippen LogP contribution in [0.25, 0.3) is 0 Å². The van der Waals surface area contributed by atoms with E-state index in [1.54, 1.807) is 0 Å². The molecule has 0 bridgehead atoms. The summed E-state index contributed by atoms with van der Waals surface area (Å²) in [5.41, 5.74) is 8.49. The molecule has 0 fully saturated rings. The molecule has 2 heteroatoms. The summed E-state index contributed by atoms with van der Waals surface area (Å²) in [6.07, 6.45) is 0. The van der Waals surface area contributed by atoms with Crippen molar-refractivity contribution in [2.75, 3.05) is 5.38 Å². The molecule has 0 aliphatic heterocycles. The molecule has 1 nitrogen and oxygen atoms in total. The predicted octanol–water partition coefficient (Wildman–Crippen LogP) is 0.932. The van der Waals surface area contributed by atoms with Crippen LogP contribution in [0.1, 0.15) is 0 Å². The van der Waals surface area contributed by atoms with E-state index in [0.29, 0.717) is 5.38 Å². The van der Waals surface area contributed by atoms with Crippen LogP contribution in [0.2, 0.25) is 17.3 Å². The second kappa shape index (κ2) is 1.98. The van der Waals surface area contributed by atoms with Crippen LogP contribution in [0.3, 0.4) is 0 Å². The Morgan fingerprint density at radius 3 is 1.50 bits per heavy atom. The van der Waals surface area contributed by atoms with Crippen LogP contribution in [0.15, 0.2) is 0 Å². The van der Waals surface area contributed by atoms with Gasteiger partial charge in [0.2, 0.25) is 0 Å². The number of hydrogen-bond acceptors (Lipinski definition) is 0. The first-order valence-electron chi connectivity index (χ1n) is 2.17. The molecule has 0 aromatic heterocycles. The molecule has 6 heavy (non-hydrogen) atoms. The zero-order chi connectivity index (χ0) is 5.21. The van der Waals surface area contributed by atoms with Gasteiger partial charge in [0.1, 0.15) is 0 Å². The van der Waals surface area contributed by atoms with Crippen LogP contribution < -0.4 is 5.73 Å². The zero-order valence-corrected chi connectivity index (χ0v) is 6.75. The predicted molar refractivity (Wildman–Crippen MR) is 30.3 cm³/mol. The summed E-state index contributed by atoms with van der Waals surface area (Å²) in [5.74, 6) is 6.54. The van der Waals surface area contributed by atoms with E-state index >= 15 is 0 Å². The third kappa shape index (κ3) is 4.50. The van der Waals surface area contributed by atoms with Crippen LogP contribution in [-0.2, 0) is 0 Å². The van der Waals surface area contributed by atoms with Crippen LogP contribution in [-0.4, -0.2) is 18.6 Å². The van der Waals surface area contributed by atoms with E-state index in [4.69, 9.17) is 5.73 Å². The number of hydrogen-bond donors (Lipinski definition) is 0. The van der Waals surface area contributed by atoms with Gasteiger partial charge in [-0.1, -0.05) is 0 Å². The molecule has 0 atom stereocenters. The van der Waals surface area contributed by atoms with Crippen molar-refractivity contribution < 1.29 is 0 Å². The number of nitrogens with zero attached hydrogens (tertiary/aromatic N) is 1. The summed E-state index contributed by atoms with van der Waals surface area (Å²) in [4.78, 5) is 0. The second-order valence-corrected chi connectivity index (χ2v) is 14.1. The molecule has 0 aromatic rings. The van der Waals surface area contributed by atoms with E-state index in [0.717, 1.165) is 0 Å². The summed E-state index contributed by atoms with van der Waals surface area (Å²) in [7, 11) is 0. The van der Waals surface area contributed by atoms with Crippen molar-refractivity contribution >= 4 is 13.3 Å². The zero-order valence-electron chi connectivity index (χ0n) is 4.65. The fourth-order valence-electron chi connectivity index (χ4n) is 0. The molecule has 0 aromatic carbocycles. The summed E-state index contributed by atoms with van der Waals surface area (Å²) in [6, 6.07) is 0. The number of rotatable bonds is 1. The molecular weight excluding hydrogens is 135 g/mol. The van der Waals surface area contributed by atoms with Gasteiger partial charge in [-0.05, 0) is 0 Å².